The summed E-state index contributed by atoms with van der Waals surface area (Å²) in [7, 11) is 1.65. The number of benzene rings is 1. The van der Waals surface area contributed by atoms with E-state index in [0.29, 0.717) is 18.9 Å². The SMILES string of the molecule is CCCC1CC(=O)N(CC(N)c2cc(C)ccc2OC)C1. The van der Waals surface area contributed by atoms with E-state index in [-0.39, 0.29) is 11.9 Å². The number of carbonyl (C=O) groups is 1. The van der Waals surface area contributed by atoms with E-state index in [9.17, 15) is 4.79 Å². The lowest BCUT2D eigenvalue weighted by molar-refractivity contribution is -0.127. The molecule has 2 unspecified atom stereocenters. The van der Waals surface area contributed by atoms with E-state index in [4.69, 9.17) is 10.5 Å². The smallest absolute Gasteiger partial charge is 0.222 e. The third-order valence-corrected chi connectivity index (χ3v) is 4.19. The second-order valence-electron chi connectivity index (χ2n) is 6.01. The fraction of sp³-hybridized carbons (Fsp3) is 0.588. The molecule has 1 aromatic carbocycles. The molecule has 0 bridgehead atoms. The van der Waals surface area contributed by atoms with Crippen LogP contribution in [-0.4, -0.2) is 31.0 Å². The summed E-state index contributed by atoms with van der Waals surface area (Å²) in [4.78, 5) is 14.0. The van der Waals surface area contributed by atoms with Crippen LogP contribution in [0.25, 0.3) is 0 Å². The minimum absolute atomic E-state index is 0.204. The molecular formula is C17H26N2O2. The Morgan fingerprint density at radius 1 is 1.48 bits per heavy atom. The molecule has 1 aliphatic rings. The van der Waals surface area contributed by atoms with Gasteiger partial charge >= 0.3 is 0 Å². The molecule has 1 heterocycles. The normalized spacial score (nSPS) is 19.9. The number of nitrogens with two attached hydrogens (primary N) is 1. The first-order chi connectivity index (χ1) is 10.0. The second-order valence-corrected chi connectivity index (χ2v) is 6.01. The molecule has 0 spiro atoms. The number of aryl methyl sites for hydroxylation is 1. The third-order valence-electron chi connectivity index (χ3n) is 4.19. The number of ether oxygens (including phenoxy) is 1. The van der Waals surface area contributed by atoms with Crippen LogP contribution >= 0.6 is 0 Å². The summed E-state index contributed by atoms with van der Waals surface area (Å²) >= 11 is 0. The lowest BCUT2D eigenvalue weighted by Gasteiger charge is -2.23. The Kier molecular flexibility index (Phi) is 5.23. The van der Waals surface area contributed by atoms with Crippen LogP contribution in [0.5, 0.6) is 5.75 Å². The van der Waals surface area contributed by atoms with Crippen molar-refractivity contribution >= 4 is 5.91 Å². The van der Waals surface area contributed by atoms with Gasteiger partial charge in [-0.3, -0.25) is 4.79 Å². The number of methoxy groups -OCH3 is 1. The first kappa shape index (κ1) is 15.8. The van der Waals surface area contributed by atoms with Crippen LogP contribution < -0.4 is 10.5 Å². The number of hydrogen-bond donors (Lipinski definition) is 1. The Balaban J connectivity index is 2.06. The van der Waals surface area contributed by atoms with Gasteiger partial charge in [-0.1, -0.05) is 31.0 Å². The van der Waals surface area contributed by atoms with Gasteiger partial charge in [0.25, 0.3) is 0 Å². The maximum absolute atomic E-state index is 12.1. The highest BCUT2D eigenvalue weighted by Gasteiger charge is 2.30. The largest absolute Gasteiger partial charge is 0.496 e. The van der Waals surface area contributed by atoms with Crippen molar-refractivity contribution in [1.29, 1.82) is 0 Å². The van der Waals surface area contributed by atoms with Crippen molar-refractivity contribution in [2.45, 2.75) is 39.2 Å². The lowest BCUT2D eigenvalue weighted by atomic mass is 10.0. The molecule has 2 N–H and O–H groups in total. The number of carbonyl (C=O) groups excluding carboxylic acids is 1. The Morgan fingerprint density at radius 2 is 2.24 bits per heavy atom. The molecule has 0 aliphatic carbocycles. The molecule has 1 aliphatic heterocycles. The fourth-order valence-electron chi connectivity index (χ4n) is 3.11. The molecule has 116 valence electrons. The number of likely N-dealkylation sites (tertiary alicyclic amines) is 1. The number of rotatable bonds is 6. The summed E-state index contributed by atoms with van der Waals surface area (Å²) in [6, 6.07) is 5.79. The van der Waals surface area contributed by atoms with E-state index in [2.05, 4.69) is 6.92 Å². The van der Waals surface area contributed by atoms with Gasteiger partial charge in [0.1, 0.15) is 5.75 Å². The van der Waals surface area contributed by atoms with E-state index in [1.807, 2.05) is 30.0 Å². The van der Waals surface area contributed by atoms with Crippen molar-refractivity contribution in [2.24, 2.45) is 11.7 Å². The van der Waals surface area contributed by atoms with Gasteiger partial charge in [0, 0.05) is 25.1 Å². The molecule has 2 atom stereocenters. The van der Waals surface area contributed by atoms with E-state index in [1.54, 1.807) is 7.11 Å². The van der Waals surface area contributed by atoms with Crippen molar-refractivity contribution in [3.8, 4) is 5.75 Å². The average Bonchev–Trinajstić information content (AvgIpc) is 2.79. The molecule has 2 rings (SSSR count). The standard InChI is InChI=1S/C17H26N2O2/c1-4-5-13-9-17(20)19(10-13)11-15(18)14-8-12(2)6-7-16(14)21-3/h6-8,13,15H,4-5,9-11,18H2,1-3H3. The zero-order chi connectivity index (χ0) is 15.4. The average molecular weight is 290 g/mol. The minimum Gasteiger partial charge on any atom is -0.496 e. The lowest BCUT2D eigenvalue weighted by Crippen LogP contribution is -2.33. The van der Waals surface area contributed by atoms with E-state index >= 15 is 0 Å². The van der Waals surface area contributed by atoms with Crippen LogP contribution in [0.2, 0.25) is 0 Å². The van der Waals surface area contributed by atoms with Gasteiger partial charge in [0.2, 0.25) is 5.91 Å². The van der Waals surface area contributed by atoms with Gasteiger partial charge in [-0.25, -0.2) is 0 Å². The van der Waals surface area contributed by atoms with Gasteiger partial charge < -0.3 is 15.4 Å². The molecule has 1 fully saturated rings. The Bertz CT molecular complexity index is 502. The van der Waals surface area contributed by atoms with Crippen LogP contribution in [0.3, 0.4) is 0 Å². The number of amides is 1. The summed E-state index contributed by atoms with van der Waals surface area (Å²) in [5.41, 5.74) is 8.45. The Hall–Kier alpha value is -1.55. The first-order valence-electron chi connectivity index (χ1n) is 7.73. The van der Waals surface area contributed by atoms with Gasteiger partial charge in [0.05, 0.1) is 13.2 Å². The van der Waals surface area contributed by atoms with Crippen LogP contribution in [0.15, 0.2) is 18.2 Å². The zero-order valence-corrected chi connectivity index (χ0v) is 13.3. The predicted octanol–water partition coefficient (Wildman–Crippen LogP) is 2.65. The Morgan fingerprint density at radius 3 is 2.90 bits per heavy atom. The van der Waals surface area contributed by atoms with E-state index in [0.717, 1.165) is 36.3 Å². The van der Waals surface area contributed by atoms with Crippen molar-refractivity contribution in [1.82, 2.24) is 4.90 Å². The molecule has 21 heavy (non-hydrogen) atoms. The van der Waals surface area contributed by atoms with E-state index in [1.165, 1.54) is 0 Å². The summed E-state index contributed by atoms with van der Waals surface area (Å²) in [6.45, 7) is 5.61. The van der Waals surface area contributed by atoms with Gasteiger partial charge in [0.15, 0.2) is 0 Å². The summed E-state index contributed by atoms with van der Waals surface area (Å²) in [6.07, 6.45) is 2.92. The summed E-state index contributed by atoms with van der Waals surface area (Å²) in [5, 5.41) is 0. The molecule has 4 nitrogen and oxygen atoms in total. The fourth-order valence-corrected chi connectivity index (χ4v) is 3.11. The quantitative estimate of drug-likeness (QED) is 0.876. The number of nitrogens with zero attached hydrogens (tertiary/aromatic N) is 1. The zero-order valence-electron chi connectivity index (χ0n) is 13.3. The molecule has 1 saturated heterocycles. The van der Waals surface area contributed by atoms with Crippen molar-refractivity contribution < 1.29 is 9.53 Å². The maximum atomic E-state index is 12.1. The second kappa shape index (κ2) is 6.94. The molecule has 0 radical (unpaired) electrons. The molecule has 0 aromatic heterocycles. The third kappa shape index (κ3) is 3.76. The molecule has 0 saturated carbocycles. The summed E-state index contributed by atoms with van der Waals surface area (Å²) < 4.78 is 5.39. The highest BCUT2D eigenvalue weighted by atomic mass is 16.5. The molecule has 1 amide bonds. The van der Waals surface area contributed by atoms with Crippen LogP contribution in [0, 0.1) is 12.8 Å². The highest BCUT2D eigenvalue weighted by Crippen LogP contribution is 2.28. The maximum Gasteiger partial charge on any atom is 0.222 e. The van der Waals surface area contributed by atoms with Crippen LogP contribution in [0.1, 0.15) is 43.4 Å². The van der Waals surface area contributed by atoms with Crippen molar-refractivity contribution in [2.75, 3.05) is 20.2 Å². The van der Waals surface area contributed by atoms with Crippen molar-refractivity contribution in [3.05, 3.63) is 29.3 Å². The Labute approximate surface area is 127 Å². The van der Waals surface area contributed by atoms with Crippen LogP contribution in [0.4, 0.5) is 0 Å². The van der Waals surface area contributed by atoms with Gasteiger partial charge in [-0.15, -0.1) is 0 Å². The highest BCUT2D eigenvalue weighted by molar-refractivity contribution is 5.78. The van der Waals surface area contributed by atoms with Gasteiger partial charge in [-0.2, -0.15) is 0 Å². The predicted molar refractivity (Wildman–Crippen MR) is 84.3 cm³/mol. The molecule has 1 aromatic rings. The molecule has 4 heteroatoms. The van der Waals surface area contributed by atoms with Gasteiger partial charge in [-0.05, 0) is 25.3 Å². The first-order valence-corrected chi connectivity index (χ1v) is 7.73. The van der Waals surface area contributed by atoms with Crippen LogP contribution in [-0.2, 0) is 4.79 Å². The van der Waals surface area contributed by atoms with Crippen molar-refractivity contribution in [3.63, 3.8) is 0 Å². The monoisotopic (exact) mass is 290 g/mol. The van der Waals surface area contributed by atoms with E-state index < -0.39 is 0 Å². The topological polar surface area (TPSA) is 55.6 Å². The summed E-state index contributed by atoms with van der Waals surface area (Å²) in [5.74, 6) is 1.52. The minimum atomic E-state index is -0.204. The molecular weight excluding hydrogens is 264 g/mol. The number of hydrogen-bond acceptors (Lipinski definition) is 3.